The summed E-state index contributed by atoms with van der Waals surface area (Å²) >= 11 is 7.63. The van der Waals surface area contributed by atoms with Crippen LogP contribution in [0.3, 0.4) is 0 Å². The van der Waals surface area contributed by atoms with Crippen LogP contribution in [0.4, 0.5) is 5.13 Å². The van der Waals surface area contributed by atoms with E-state index in [2.05, 4.69) is 0 Å². The fourth-order valence-corrected chi connectivity index (χ4v) is 5.05. The van der Waals surface area contributed by atoms with Crippen molar-refractivity contribution in [2.45, 2.75) is 18.9 Å². The molecule has 1 amide bonds. The smallest absolute Gasteiger partial charge is 0.260 e. The number of carbonyl (C=O) groups excluding carboxylic acids is 1. The van der Waals surface area contributed by atoms with Gasteiger partial charge in [-0.05, 0) is 47.9 Å². The summed E-state index contributed by atoms with van der Waals surface area (Å²) in [6, 6.07) is 19.4. The van der Waals surface area contributed by atoms with Crippen LogP contribution in [0.2, 0.25) is 5.02 Å². The van der Waals surface area contributed by atoms with Crippen molar-refractivity contribution in [3.8, 4) is 0 Å². The van der Waals surface area contributed by atoms with Gasteiger partial charge >= 0.3 is 0 Å². The maximum absolute atomic E-state index is 13.7. The first kappa shape index (κ1) is 18.6. The Hall–Kier alpha value is -2.47. The van der Waals surface area contributed by atoms with E-state index in [0.29, 0.717) is 22.3 Å². The number of hydrogen-bond donors (Lipinski definition) is 0. The van der Waals surface area contributed by atoms with Gasteiger partial charge in [0, 0.05) is 17.2 Å². The predicted molar refractivity (Wildman–Crippen MR) is 119 cm³/mol. The van der Waals surface area contributed by atoms with Crippen molar-refractivity contribution in [2.75, 3.05) is 18.1 Å². The van der Waals surface area contributed by atoms with Crippen molar-refractivity contribution >= 4 is 55.0 Å². The number of hydrogen-bond acceptors (Lipinski definition) is 4. The van der Waals surface area contributed by atoms with Crippen LogP contribution in [0.25, 0.3) is 21.0 Å². The van der Waals surface area contributed by atoms with Crippen LogP contribution in [0, 0.1) is 0 Å². The summed E-state index contributed by atoms with van der Waals surface area (Å²) in [5, 5.41) is 3.34. The van der Waals surface area contributed by atoms with Crippen molar-refractivity contribution in [3.63, 3.8) is 0 Å². The lowest BCUT2D eigenvalue weighted by Gasteiger charge is -2.23. The number of amides is 1. The highest BCUT2D eigenvalue weighted by Gasteiger charge is 2.27. The van der Waals surface area contributed by atoms with Gasteiger partial charge in [0.2, 0.25) is 0 Å². The Morgan fingerprint density at radius 3 is 2.90 bits per heavy atom. The molecule has 1 atom stereocenters. The molecule has 1 fully saturated rings. The molecule has 2 heterocycles. The molecule has 0 aliphatic carbocycles. The highest BCUT2D eigenvalue weighted by Crippen LogP contribution is 2.33. The van der Waals surface area contributed by atoms with Crippen LogP contribution in [-0.2, 0) is 4.74 Å². The number of halogens is 1. The second kappa shape index (κ2) is 7.75. The van der Waals surface area contributed by atoms with Gasteiger partial charge in [-0.25, -0.2) is 4.98 Å². The fourth-order valence-electron chi connectivity index (χ4n) is 3.80. The molecule has 4 aromatic rings. The molecule has 29 heavy (non-hydrogen) atoms. The molecule has 1 aliphatic heterocycles. The van der Waals surface area contributed by atoms with Gasteiger partial charge in [0.1, 0.15) is 0 Å². The van der Waals surface area contributed by atoms with Gasteiger partial charge in [-0.3, -0.25) is 9.69 Å². The first-order valence-corrected chi connectivity index (χ1v) is 10.9. The van der Waals surface area contributed by atoms with E-state index in [1.54, 1.807) is 4.90 Å². The molecule has 3 aromatic carbocycles. The molecule has 5 rings (SSSR count). The van der Waals surface area contributed by atoms with Crippen LogP contribution < -0.4 is 4.90 Å². The number of carbonyl (C=O) groups is 1. The summed E-state index contributed by atoms with van der Waals surface area (Å²) in [5.74, 6) is -0.0533. The first-order chi connectivity index (χ1) is 14.2. The second-order valence-corrected chi connectivity index (χ2v) is 8.63. The summed E-state index contributed by atoms with van der Waals surface area (Å²) in [7, 11) is 0. The summed E-state index contributed by atoms with van der Waals surface area (Å²) in [6.45, 7) is 1.24. The third-order valence-electron chi connectivity index (χ3n) is 5.25. The molecule has 0 radical (unpaired) electrons. The zero-order valence-corrected chi connectivity index (χ0v) is 17.2. The lowest BCUT2D eigenvalue weighted by Crippen LogP contribution is -2.37. The minimum atomic E-state index is -0.0533. The monoisotopic (exact) mass is 422 g/mol. The molecule has 0 bridgehead atoms. The van der Waals surface area contributed by atoms with Crippen LogP contribution >= 0.6 is 22.9 Å². The van der Waals surface area contributed by atoms with E-state index in [1.165, 1.54) is 11.3 Å². The average Bonchev–Trinajstić information content (AvgIpc) is 3.40. The Morgan fingerprint density at radius 2 is 2.03 bits per heavy atom. The zero-order valence-electron chi connectivity index (χ0n) is 15.7. The topological polar surface area (TPSA) is 42.4 Å². The second-order valence-electron chi connectivity index (χ2n) is 7.19. The molecule has 0 N–H and O–H groups in total. The van der Waals surface area contributed by atoms with Gasteiger partial charge in [-0.15, -0.1) is 0 Å². The molecule has 146 valence electrons. The molecule has 0 spiro atoms. The average molecular weight is 423 g/mol. The van der Waals surface area contributed by atoms with Crippen molar-refractivity contribution < 1.29 is 9.53 Å². The van der Waals surface area contributed by atoms with Gasteiger partial charge in [0.25, 0.3) is 5.91 Å². The molecule has 1 unspecified atom stereocenters. The quantitative estimate of drug-likeness (QED) is 0.409. The maximum Gasteiger partial charge on any atom is 0.260 e. The van der Waals surface area contributed by atoms with E-state index in [4.69, 9.17) is 21.3 Å². The molecule has 0 saturated carbocycles. The van der Waals surface area contributed by atoms with Crippen molar-refractivity contribution in [3.05, 3.63) is 71.2 Å². The SMILES string of the molecule is O=C(c1cccc2ccccc12)N(CC1CCCO1)c1nc2ccc(Cl)cc2s1. The highest BCUT2D eigenvalue weighted by molar-refractivity contribution is 7.22. The third kappa shape index (κ3) is 3.62. The van der Waals surface area contributed by atoms with Crippen LogP contribution in [0.1, 0.15) is 23.2 Å². The van der Waals surface area contributed by atoms with Crippen LogP contribution in [0.15, 0.2) is 60.7 Å². The van der Waals surface area contributed by atoms with Crippen LogP contribution in [-0.4, -0.2) is 30.1 Å². The minimum absolute atomic E-state index is 0.0320. The van der Waals surface area contributed by atoms with Crippen molar-refractivity contribution in [2.24, 2.45) is 0 Å². The number of thiazole rings is 1. The first-order valence-electron chi connectivity index (χ1n) is 9.66. The van der Waals surface area contributed by atoms with Crippen LogP contribution in [0.5, 0.6) is 0 Å². The highest BCUT2D eigenvalue weighted by atomic mass is 35.5. The number of aromatic nitrogens is 1. The fraction of sp³-hybridized carbons (Fsp3) is 0.217. The zero-order chi connectivity index (χ0) is 19.8. The number of fused-ring (bicyclic) bond motifs is 2. The van der Waals surface area contributed by atoms with Gasteiger partial charge in [0.15, 0.2) is 5.13 Å². The molecule has 6 heteroatoms. The number of benzene rings is 3. The number of nitrogens with zero attached hydrogens (tertiary/aromatic N) is 2. The minimum Gasteiger partial charge on any atom is -0.376 e. The molecular weight excluding hydrogens is 404 g/mol. The third-order valence-corrected chi connectivity index (χ3v) is 6.52. The Balaban J connectivity index is 1.59. The summed E-state index contributed by atoms with van der Waals surface area (Å²) in [5.41, 5.74) is 1.52. The van der Waals surface area contributed by atoms with E-state index in [-0.39, 0.29) is 12.0 Å². The Kier molecular flexibility index (Phi) is 4.96. The lowest BCUT2D eigenvalue weighted by molar-refractivity contribution is 0.0919. The van der Waals surface area contributed by atoms with E-state index >= 15 is 0 Å². The number of anilines is 1. The number of ether oxygens (including phenoxy) is 1. The maximum atomic E-state index is 13.7. The van der Waals surface area contributed by atoms with E-state index in [1.807, 2.05) is 60.7 Å². The Labute approximate surface area is 177 Å². The van der Waals surface area contributed by atoms with E-state index < -0.39 is 0 Å². The van der Waals surface area contributed by atoms with E-state index in [0.717, 1.165) is 40.4 Å². The summed E-state index contributed by atoms with van der Waals surface area (Å²) in [4.78, 5) is 20.2. The molecular formula is C23H19ClN2O2S. The predicted octanol–water partition coefficient (Wildman–Crippen LogP) is 5.93. The molecule has 1 aliphatic rings. The normalized spacial score (nSPS) is 16.5. The largest absolute Gasteiger partial charge is 0.376 e. The van der Waals surface area contributed by atoms with E-state index in [9.17, 15) is 4.79 Å². The summed E-state index contributed by atoms with van der Waals surface area (Å²) < 4.78 is 6.80. The van der Waals surface area contributed by atoms with Gasteiger partial charge < -0.3 is 4.74 Å². The molecule has 1 aromatic heterocycles. The molecule has 1 saturated heterocycles. The molecule has 4 nitrogen and oxygen atoms in total. The summed E-state index contributed by atoms with van der Waals surface area (Å²) in [6.07, 6.45) is 2.01. The number of rotatable bonds is 4. The van der Waals surface area contributed by atoms with Gasteiger partial charge in [-0.2, -0.15) is 0 Å². The standard InChI is InChI=1S/C23H19ClN2O2S/c24-16-10-11-20-21(13-16)29-23(25-20)26(14-17-7-4-12-28-17)22(27)19-9-3-6-15-5-1-2-8-18(15)19/h1-3,5-6,8-11,13,17H,4,7,12,14H2. The lowest BCUT2D eigenvalue weighted by atomic mass is 10.0. The Bertz CT molecular complexity index is 1190. The van der Waals surface area contributed by atoms with Gasteiger partial charge in [-0.1, -0.05) is 59.3 Å². The Morgan fingerprint density at radius 1 is 1.17 bits per heavy atom. The van der Waals surface area contributed by atoms with Crippen molar-refractivity contribution in [1.29, 1.82) is 0 Å². The van der Waals surface area contributed by atoms with Gasteiger partial charge in [0.05, 0.1) is 22.9 Å². The van der Waals surface area contributed by atoms with Crippen molar-refractivity contribution in [1.82, 2.24) is 4.98 Å².